The van der Waals surface area contributed by atoms with Crippen molar-refractivity contribution in [1.29, 1.82) is 0 Å². The molecule has 10 aromatic carbocycles. The molecule has 9 heteroatoms. The number of imidazole rings is 1. The van der Waals surface area contributed by atoms with Crippen LogP contribution in [-0.2, 0) is 21.1 Å². The predicted octanol–water partition coefficient (Wildman–Crippen LogP) is 13.3. The van der Waals surface area contributed by atoms with Gasteiger partial charge in [0.25, 0.3) is 13.0 Å². The van der Waals surface area contributed by atoms with E-state index in [9.17, 15) is 0 Å². The number of para-hydroxylation sites is 6. The fourth-order valence-electron chi connectivity index (χ4n) is 10.6. The zero-order valence-corrected chi connectivity index (χ0v) is 41.4. The van der Waals surface area contributed by atoms with Crippen LogP contribution in [0.4, 0.5) is 0 Å². The van der Waals surface area contributed by atoms with E-state index >= 15 is 0 Å². The number of ether oxygens (including phenoxy) is 3. The minimum Gasteiger partial charge on any atom is -0.510 e. The first-order valence-corrected chi connectivity index (χ1v) is 23.9. The largest absolute Gasteiger partial charge is 0.510 e. The molecule has 0 radical (unpaired) electrons. The Kier molecular flexibility index (Phi) is 8.43. The number of hydrogen-bond acceptors (Lipinski definition) is 4. The first kappa shape index (κ1) is 35.0. The molecule has 0 saturated heterocycles. The number of benzene rings is 10. The summed E-state index contributed by atoms with van der Waals surface area (Å²) in [4.78, 5) is 5.11. The van der Waals surface area contributed by atoms with Crippen molar-refractivity contribution in [2.45, 2.75) is 0 Å². The Balaban J connectivity index is 0.00000640. The van der Waals surface area contributed by atoms with E-state index in [4.69, 9.17) is 32.9 Å². The van der Waals surface area contributed by atoms with Crippen LogP contribution in [0.15, 0.2) is 236 Å². The van der Waals surface area contributed by atoms with Gasteiger partial charge >= 0.3 is 0 Å². The van der Waals surface area contributed by atoms with Crippen molar-refractivity contribution >= 4 is 55.9 Å². The minimum absolute atomic E-state index is 0. The molecule has 0 unspecified atom stereocenters. The van der Waals surface area contributed by atoms with Crippen molar-refractivity contribution in [3.8, 4) is 85.1 Å². The molecule has 0 amide bonds. The Hall–Kier alpha value is -9.23. The molecular weight excluding hydrogens is 1100 g/mol. The topological polar surface area (TPSA) is 54.3 Å². The van der Waals surface area contributed by atoms with Crippen molar-refractivity contribution in [2.75, 3.05) is 0 Å². The molecule has 2 aliphatic heterocycles. The molecule has 356 valence electrons. The Morgan fingerprint density at radius 2 is 1.19 bits per heavy atom. The number of aromatic nitrogens is 4. The van der Waals surface area contributed by atoms with Crippen molar-refractivity contribution in [3.63, 3.8) is 0 Å². The summed E-state index contributed by atoms with van der Waals surface area (Å²) in [5.74, 6) is 4.34. The van der Waals surface area contributed by atoms with E-state index < -0.39 is 60.4 Å². The summed E-state index contributed by atoms with van der Waals surface area (Å²) in [7, 11) is 0. The van der Waals surface area contributed by atoms with Crippen LogP contribution >= 0.6 is 0 Å². The van der Waals surface area contributed by atoms with Gasteiger partial charge in [-0.3, -0.25) is 4.57 Å². The van der Waals surface area contributed by atoms with E-state index in [0.717, 1.165) is 61.1 Å². The van der Waals surface area contributed by atoms with Crippen LogP contribution < -0.4 is 35.2 Å². The molecule has 0 aliphatic carbocycles. The van der Waals surface area contributed by atoms with Gasteiger partial charge in [-0.1, -0.05) is 163 Å². The fraction of sp³-hybridized carbons (Fsp3) is 0. The third-order valence-electron chi connectivity index (χ3n) is 13.8. The number of hydrogen-bond donors (Lipinski definition) is 0. The maximum atomic E-state index is 9.08. The summed E-state index contributed by atoms with van der Waals surface area (Å²) < 4.78 is 113. The summed E-state index contributed by atoms with van der Waals surface area (Å²) in [5.41, 5.74) is 8.00. The Morgan fingerprint density at radius 3 is 1.96 bits per heavy atom. The summed E-state index contributed by atoms with van der Waals surface area (Å²) in [6.07, 6.45) is 5.20. The Bertz CT molecular complexity index is 4860. The molecule has 3 aromatic heterocycles. The van der Waals surface area contributed by atoms with Crippen LogP contribution in [0.1, 0.15) is 13.7 Å². The molecule has 0 saturated carbocycles. The first-order valence-electron chi connectivity index (χ1n) is 28.9. The third-order valence-corrected chi connectivity index (χ3v) is 13.8. The van der Waals surface area contributed by atoms with Crippen LogP contribution in [-0.4, -0.2) is 20.8 Å². The zero-order chi connectivity index (χ0) is 57.4. The van der Waals surface area contributed by atoms with Crippen molar-refractivity contribution in [2.24, 2.45) is 0 Å². The van der Waals surface area contributed by atoms with Gasteiger partial charge in [-0.25, -0.2) is 4.98 Å². The Labute approximate surface area is 461 Å². The van der Waals surface area contributed by atoms with Crippen molar-refractivity contribution < 1.29 is 53.6 Å². The third kappa shape index (κ3) is 7.24. The summed E-state index contributed by atoms with van der Waals surface area (Å²) in [5, 5.41) is 1.90. The molecule has 0 N–H and O–H groups in total. The second kappa shape index (κ2) is 18.1. The molecule has 13 aromatic rings. The molecule has 0 bridgehead atoms. The van der Waals surface area contributed by atoms with Gasteiger partial charge in [-0.15, -0.1) is 29.7 Å². The molecular formula is C66H39BN4O3Pt-2. The van der Waals surface area contributed by atoms with Gasteiger partial charge < -0.3 is 23.3 Å². The van der Waals surface area contributed by atoms with E-state index in [1.54, 1.807) is 51.7 Å². The van der Waals surface area contributed by atoms with Crippen LogP contribution in [0.25, 0.3) is 83.4 Å². The van der Waals surface area contributed by atoms with E-state index in [1.165, 1.54) is 0 Å². The molecule has 0 fully saturated rings. The van der Waals surface area contributed by atoms with E-state index in [0.29, 0.717) is 45.3 Å². The fourth-order valence-corrected chi connectivity index (χ4v) is 10.6. The zero-order valence-electron chi connectivity index (χ0n) is 49.2. The minimum atomic E-state index is -0.582. The van der Waals surface area contributed by atoms with Gasteiger partial charge in [-0.2, -0.15) is 18.2 Å². The van der Waals surface area contributed by atoms with Gasteiger partial charge in [0.2, 0.25) is 0 Å². The van der Waals surface area contributed by atoms with Crippen molar-refractivity contribution in [3.05, 3.63) is 255 Å². The van der Waals surface area contributed by atoms with Crippen LogP contribution in [0, 0.1) is 18.5 Å². The maximum absolute atomic E-state index is 9.08. The normalized spacial score (nSPS) is 13.9. The Morgan fingerprint density at radius 1 is 0.533 bits per heavy atom. The van der Waals surface area contributed by atoms with Gasteiger partial charge in [-0.05, 0) is 86.7 Å². The standard InChI is InChI=1S/C66H39BN4O3.Pt/c1-3-18-43(19-4-1)48-25-16-26-49(44-20-5-2-6-21-44)64(48)70-42-69(57-31-11-12-32-58(57)70)45-22-15-23-46(40-45)72-47-35-36-51-50-24-7-10-30-56(50)71(59(51)41-47)66-53(27-17-39-68-66)52-37-38-62-63-65(52)74-61-34-14-9-29-55(61)67(63)54-28-8-13-33-60(54)73-62;/h1-39H;/q-2;/i1D,2D,3D,4D,5D,6D,18D,19D,20D,21D;. The molecule has 0 atom stereocenters. The van der Waals surface area contributed by atoms with E-state index in [-0.39, 0.29) is 55.7 Å². The number of nitrogens with zero attached hydrogens (tertiary/aromatic N) is 4. The molecule has 7 nitrogen and oxygen atoms in total. The molecule has 5 heterocycles. The van der Waals surface area contributed by atoms with Crippen LogP contribution in [0.3, 0.4) is 0 Å². The maximum Gasteiger partial charge on any atom is 0.268 e. The molecule has 75 heavy (non-hydrogen) atoms. The SMILES string of the molecule is [2H]c1c([2H])c([2H])c(-c2cccc(-c3c([2H])c([2H])c([2H])c([2H])c3[2H])c2-[n+]2[c-]n(-c3[c-]c(Oc4[c-]c5c(cc4)c4ccccc4n5-c4ncccc4-c4ccc5c6c4Oc4ccccc4B6c4ccccc4O5)ccc3)c3ccccc32)c([2H])c1[2H].[Pt]. The van der Waals surface area contributed by atoms with E-state index in [1.807, 2.05) is 103 Å². The second-order valence-electron chi connectivity index (χ2n) is 17.8. The van der Waals surface area contributed by atoms with Gasteiger partial charge in [0, 0.05) is 60.9 Å². The molecule has 2 aliphatic rings. The molecule has 0 spiro atoms. The quantitative estimate of drug-likeness (QED) is 0.0864. The number of rotatable bonds is 8. The van der Waals surface area contributed by atoms with E-state index in [2.05, 4.69) is 53.4 Å². The van der Waals surface area contributed by atoms with Gasteiger partial charge in [0.05, 0.1) is 30.4 Å². The predicted molar refractivity (Wildman–Crippen MR) is 294 cm³/mol. The van der Waals surface area contributed by atoms with Crippen molar-refractivity contribution in [1.82, 2.24) is 14.1 Å². The average Bonchev–Trinajstić information content (AvgIpc) is 1.77. The van der Waals surface area contributed by atoms with Gasteiger partial charge in [0.1, 0.15) is 28.8 Å². The summed E-state index contributed by atoms with van der Waals surface area (Å²) in [6, 6.07) is 55.4. The second-order valence-corrected chi connectivity index (χ2v) is 17.8. The summed E-state index contributed by atoms with van der Waals surface area (Å²) >= 11 is 0. The smallest absolute Gasteiger partial charge is 0.268 e. The van der Waals surface area contributed by atoms with Crippen LogP contribution in [0.2, 0.25) is 0 Å². The van der Waals surface area contributed by atoms with Crippen LogP contribution in [0.5, 0.6) is 34.5 Å². The monoisotopic (exact) mass is 1150 g/mol. The van der Waals surface area contributed by atoms with Gasteiger partial charge in [0.15, 0.2) is 0 Å². The average molecular weight is 1150 g/mol. The summed E-state index contributed by atoms with van der Waals surface area (Å²) in [6.45, 7) is -0.128. The first-order chi connectivity index (χ1) is 40.9. The number of pyridine rings is 1. The number of fused-ring (bicyclic) bond motifs is 8. The molecule has 15 rings (SSSR count).